The monoisotopic (exact) mass is 474 g/mol. The Labute approximate surface area is 209 Å². The molecule has 3 nitrogen and oxygen atoms in total. The van der Waals surface area contributed by atoms with Crippen molar-refractivity contribution < 1.29 is 14.9 Å². The van der Waals surface area contributed by atoms with Gasteiger partial charge in [-0.2, -0.15) is 0 Å². The summed E-state index contributed by atoms with van der Waals surface area (Å²) in [5.41, 5.74) is 0.582. The maximum absolute atomic E-state index is 11.1. The molecule has 4 aliphatic carbocycles. The third kappa shape index (κ3) is 4.32. The molecular formula is C31H54O3. The molecule has 0 spiro atoms. The molecule has 0 radical (unpaired) electrons. The van der Waals surface area contributed by atoms with E-state index >= 15 is 0 Å². The van der Waals surface area contributed by atoms with E-state index in [9.17, 15) is 10.2 Å². The molecule has 1 saturated heterocycles. The van der Waals surface area contributed by atoms with Gasteiger partial charge < -0.3 is 14.9 Å². The standard InChI is InChI=1S/C31H54O3/c1-5-31(33)17-16-29(3)23(20-31)7-8-24-26-10-9-25(30(26,4)15-12-27(24)29)21(2)6-11-28(32)22-13-18-34-19-14-22/h21-28,32-33H,5-20H2,1-4H3/t21-,23-,24+,25-,26+,27+,28?,29+,30-,31+/m1/s1. The van der Waals surface area contributed by atoms with Gasteiger partial charge in [-0.15, -0.1) is 0 Å². The Morgan fingerprint density at radius 2 is 1.59 bits per heavy atom. The van der Waals surface area contributed by atoms with Gasteiger partial charge in [0, 0.05) is 13.2 Å². The van der Waals surface area contributed by atoms with Gasteiger partial charge in [0.2, 0.25) is 0 Å². The second-order valence-electron chi connectivity index (χ2n) is 14.2. The van der Waals surface area contributed by atoms with E-state index in [2.05, 4.69) is 27.7 Å². The van der Waals surface area contributed by atoms with Gasteiger partial charge in [-0.25, -0.2) is 0 Å². The van der Waals surface area contributed by atoms with Crippen LogP contribution in [0.5, 0.6) is 0 Å². The Morgan fingerprint density at radius 3 is 2.32 bits per heavy atom. The minimum Gasteiger partial charge on any atom is -0.393 e. The zero-order valence-corrected chi connectivity index (χ0v) is 22.7. The Kier molecular flexibility index (Phi) is 7.24. The number of fused-ring (bicyclic) bond motifs is 5. The van der Waals surface area contributed by atoms with Gasteiger partial charge in [-0.3, -0.25) is 0 Å². The zero-order chi connectivity index (χ0) is 24.1. The molecule has 2 N–H and O–H groups in total. The van der Waals surface area contributed by atoms with Gasteiger partial charge in [-0.1, -0.05) is 27.7 Å². The van der Waals surface area contributed by atoms with E-state index in [0.717, 1.165) is 87.2 Å². The lowest BCUT2D eigenvalue weighted by Gasteiger charge is -2.62. The van der Waals surface area contributed by atoms with E-state index in [-0.39, 0.29) is 11.7 Å². The van der Waals surface area contributed by atoms with Gasteiger partial charge in [0.15, 0.2) is 0 Å². The van der Waals surface area contributed by atoms with Crippen LogP contribution in [0.15, 0.2) is 0 Å². The smallest absolute Gasteiger partial charge is 0.0648 e. The molecule has 0 bridgehead atoms. The molecule has 5 rings (SSSR count). The third-order valence-corrected chi connectivity index (χ3v) is 13.0. The van der Waals surface area contributed by atoms with Crippen LogP contribution >= 0.6 is 0 Å². The van der Waals surface area contributed by atoms with Crippen LogP contribution in [0.4, 0.5) is 0 Å². The number of rotatable bonds is 6. The fraction of sp³-hybridized carbons (Fsp3) is 1.00. The molecule has 0 aromatic heterocycles. The van der Waals surface area contributed by atoms with Crippen LogP contribution in [0, 0.1) is 52.3 Å². The zero-order valence-electron chi connectivity index (χ0n) is 22.7. The lowest BCUT2D eigenvalue weighted by atomic mass is 9.43. The van der Waals surface area contributed by atoms with E-state index in [0.29, 0.717) is 16.7 Å². The summed E-state index contributed by atoms with van der Waals surface area (Å²) in [5.74, 6) is 5.46. The maximum Gasteiger partial charge on any atom is 0.0648 e. The first-order chi connectivity index (χ1) is 16.2. The van der Waals surface area contributed by atoms with E-state index in [1.54, 1.807) is 0 Å². The van der Waals surface area contributed by atoms with Crippen molar-refractivity contribution in [2.24, 2.45) is 52.3 Å². The molecule has 0 aromatic rings. The van der Waals surface area contributed by atoms with E-state index < -0.39 is 0 Å². The summed E-state index contributed by atoms with van der Waals surface area (Å²) >= 11 is 0. The Bertz CT molecular complexity index is 703. The highest BCUT2D eigenvalue weighted by Crippen LogP contribution is 2.69. The number of aliphatic hydroxyl groups is 2. The summed E-state index contributed by atoms with van der Waals surface area (Å²) < 4.78 is 5.50. The minimum absolute atomic E-state index is 0.129. The fourth-order valence-corrected chi connectivity index (χ4v) is 10.6. The summed E-state index contributed by atoms with van der Waals surface area (Å²) in [5, 5.41) is 21.9. The molecule has 1 aliphatic heterocycles. The van der Waals surface area contributed by atoms with Crippen LogP contribution in [-0.2, 0) is 4.74 Å². The first-order valence-corrected chi connectivity index (χ1v) is 15.2. The van der Waals surface area contributed by atoms with Crippen molar-refractivity contribution in [2.75, 3.05) is 13.2 Å². The van der Waals surface area contributed by atoms with E-state index in [4.69, 9.17) is 4.74 Å². The molecule has 3 heteroatoms. The summed E-state index contributed by atoms with van der Waals surface area (Å²) in [6, 6.07) is 0. The second-order valence-corrected chi connectivity index (χ2v) is 14.2. The van der Waals surface area contributed by atoms with Gasteiger partial charge in [0.05, 0.1) is 11.7 Å². The number of hydrogen-bond donors (Lipinski definition) is 2. The Hall–Kier alpha value is -0.120. The van der Waals surface area contributed by atoms with Crippen molar-refractivity contribution in [3.63, 3.8) is 0 Å². The lowest BCUT2D eigenvalue weighted by Crippen LogP contribution is -2.56. The average Bonchev–Trinajstić information content (AvgIpc) is 3.20. The first kappa shape index (κ1) is 25.5. The SMILES string of the molecule is CC[C@]1(O)CC[C@@]2(C)[C@H](CC[C@@H]3[C@@H]2CC[C@]2(C)[C@@H]([C@H](C)CCC(O)C4CCOCC4)CC[C@@H]32)C1. The van der Waals surface area contributed by atoms with Crippen molar-refractivity contribution in [2.45, 2.75) is 129 Å². The topological polar surface area (TPSA) is 49.7 Å². The predicted octanol–water partition coefficient (Wildman–Crippen LogP) is 6.99. The Balaban J connectivity index is 1.23. The van der Waals surface area contributed by atoms with Gasteiger partial charge in [0.25, 0.3) is 0 Å². The van der Waals surface area contributed by atoms with E-state index in [1.165, 1.54) is 51.4 Å². The molecule has 5 fully saturated rings. The van der Waals surface area contributed by atoms with Crippen LogP contribution in [0.25, 0.3) is 0 Å². The van der Waals surface area contributed by atoms with Crippen molar-refractivity contribution in [3.05, 3.63) is 0 Å². The van der Waals surface area contributed by atoms with Gasteiger partial charge in [-0.05, 0) is 142 Å². The highest BCUT2D eigenvalue weighted by Gasteiger charge is 2.61. The van der Waals surface area contributed by atoms with Crippen LogP contribution in [-0.4, -0.2) is 35.1 Å². The van der Waals surface area contributed by atoms with Crippen LogP contribution in [0.2, 0.25) is 0 Å². The molecule has 0 amide bonds. The predicted molar refractivity (Wildman–Crippen MR) is 138 cm³/mol. The summed E-state index contributed by atoms with van der Waals surface area (Å²) in [6.45, 7) is 11.6. The molecule has 4 saturated carbocycles. The van der Waals surface area contributed by atoms with Crippen molar-refractivity contribution in [1.29, 1.82) is 0 Å². The molecule has 10 atom stereocenters. The minimum atomic E-state index is -0.386. The van der Waals surface area contributed by atoms with Crippen molar-refractivity contribution in [1.82, 2.24) is 0 Å². The molecule has 1 unspecified atom stereocenters. The molecule has 34 heavy (non-hydrogen) atoms. The molecule has 196 valence electrons. The van der Waals surface area contributed by atoms with Crippen LogP contribution < -0.4 is 0 Å². The number of ether oxygens (including phenoxy) is 1. The summed E-state index contributed by atoms with van der Waals surface area (Å²) in [7, 11) is 0. The second kappa shape index (κ2) is 9.64. The van der Waals surface area contributed by atoms with Crippen molar-refractivity contribution in [3.8, 4) is 0 Å². The molecular weight excluding hydrogens is 420 g/mol. The van der Waals surface area contributed by atoms with E-state index in [1.807, 2.05) is 0 Å². The molecule has 1 heterocycles. The lowest BCUT2D eigenvalue weighted by molar-refractivity contribution is -0.152. The number of aliphatic hydroxyl groups excluding tert-OH is 1. The summed E-state index contributed by atoms with van der Waals surface area (Å²) in [4.78, 5) is 0. The quantitative estimate of drug-likeness (QED) is 0.436. The van der Waals surface area contributed by atoms with Gasteiger partial charge >= 0.3 is 0 Å². The van der Waals surface area contributed by atoms with Crippen LogP contribution in [0.3, 0.4) is 0 Å². The van der Waals surface area contributed by atoms with Crippen LogP contribution in [0.1, 0.15) is 118 Å². The fourth-order valence-electron chi connectivity index (χ4n) is 10.6. The third-order valence-electron chi connectivity index (χ3n) is 13.0. The highest BCUT2D eigenvalue weighted by molar-refractivity contribution is 5.10. The molecule has 0 aromatic carbocycles. The molecule has 5 aliphatic rings. The van der Waals surface area contributed by atoms with Crippen molar-refractivity contribution >= 4 is 0 Å². The largest absolute Gasteiger partial charge is 0.393 e. The normalized spacial score (nSPS) is 49.1. The summed E-state index contributed by atoms with van der Waals surface area (Å²) in [6.07, 6.45) is 16.8. The Morgan fingerprint density at radius 1 is 0.853 bits per heavy atom. The number of hydrogen-bond acceptors (Lipinski definition) is 3. The average molecular weight is 475 g/mol. The maximum atomic E-state index is 11.1. The first-order valence-electron chi connectivity index (χ1n) is 15.2. The highest BCUT2D eigenvalue weighted by atomic mass is 16.5. The van der Waals surface area contributed by atoms with Gasteiger partial charge in [0.1, 0.15) is 0 Å².